The van der Waals surface area contributed by atoms with Gasteiger partial charge in [-0.3, -0.25) is 0 Å². The summed E-state index contributed by atoms with van der Waals surface area (Å²) in [6.45, 7) is 2.13. The number of furan rings is 1. The van der Waals surface area contributed by atoms with Crippen molar-refractivity contribution in [2.24, 2.45) is 0 Å². The normalized spacial score (nSPS) is 18.4. The summed E-state index contributed by atoms with van der Waals surface area (Å²) in [6.07, 6.45) is 13.5. The average Bonchev–Trinajstić information content (AvgIpc) is 3.09. The summed E-state index contributed by atoms with van der Waals surface area (Å²) >= 11 is 0. The van der Waals surface area contributed by atoms with Crippen LogP contribution in [0.15, 0.2) is 35.5 Å². The number of hydrogen-bond acceptors (Lipinski definition) is 3. The highest BCUT2D eigenvalue weighted by Crippen LogP contribution is 2.30. The van der Waals surface area contributed by atoms with Crippen molar-refractivity contribution in [2.75, 3.05) is 6.54 Å². The van der Waals surface area contributed by atoms with Gasteiger partial charge in [0, 0.05) is 37.0 Å². The van der Waals surface area contributed by atoms with Crippen molar-refractivity contribution in [3.05, 3.63) is 42.4 Å². The fourth-order valence-electron chi connectivity index (χ4n) is 2.81. The zero-order valence-corrected chi connectivity index (χ0v) is 11.2. The molecule has 1 atom stereocenters. The summed E-state index contributed by atoms with van der Waals surface area (Å²) in [5.41, 5.74) is 1.38. The van der Waals surface area contributed by atoms with E-state index in [9.17, 15) is 0 Å². The van der Waals surface area contributed by atoms with Crippen molar-refractivity contribution < 1.29 is 4.42 Å². The van der Waals surface area contributed by atoms with Crippen LogP contribution in [0.3, 0.4) is 0 Å². The molecule has 1 aliphatic carbocycles. The summed E-state index contributed by atoms with van der Waals surface area (Å²) in [5, 5.41) is 3.66. The number of unbranched alkanes of at least 4 members (excludes halogenated alkanes) is 1. The Labute approximate surface area is 113 Å². The molecular formula is C15H21N3O. The summed E-state index contributed by atoms with van der Waals surface area (Å²) < 4.78 is 7.65. The molecule has 0 aliphatic heterocycles. The average molecular weight is 259 g/mol. The zero-order chi connectivity index (χ0) is 12.9. The Morgan fingerprint density at radius 1 is 1.42 bits per heavy atom. The molecule has 1 unspecified atom stereocenters. The monoisotopic (exact) mass is 259 g/mol. The van der Waals surface area contributed by atoms with E-state index in [-0.39, 0.29) is 0 Å². The standard InChI is InChI=1S/C15H21N3O/c1(2-9-18-10-8-16-12-18)7-17-14-4-3-5-15-13(14)6-11-19-15/h6,8,10-12,14,17H,1-5,7,9H2. The minimum absolute atomic E-state index is 0.496. The Hall–Kier alpha value is -1.55. The zero-order valence-electron chi connectivity index (χ0n) is 11.2. The molecule has 0 bridgehead atoms. The first-order valence-corrected chi connectivity index (χ1v) is 7.19. The molecule has 0 radical (unpaired) electrons. The fraction of sp³-hybridized carbons (Fsp3) is 0.533. The van der Waals surface area contributed by atoms with Crippen LogP contribution in [0.5, 0.6) is 0 Å². The molecule has 0 spiro atoms. The fourth-order valence-corrected chi connectivity index (χ4v) is 2.81. The maximum absolute atomic E-state index is 5.51. The Morgan fingerprint density at radius 3 is 3.32 bits per heavy atom. The van der Waals surface area contributed by atoms with Gasteiger partial charge in [-0.05, 0) is 38.3 Å². The van der Waals surface area contributed by atoms with Gasteiger partial charge >= 0.3 is 0 Å². The predicted molar refractivity (Wildman–Crippen MR) is 73.9 cm³/mol. The number of fused-ring (bicyclic) bond motifs is 1. The Morgan fingerprint density at radius 2 is 2.42 bits per heavy atom. The van der Waals surface area contributed by atoms with Crippen LogP contribution >= 0.6 is 0 Å². The molecular weight excluding hydrogens is 238 g/mol. The Kier molecular flexibility index (Phi) is 3.98. The first-order chi connectivity index (χ1) is 9.43. The minimum Gasteiger partial charge on any atom is -0.469 e. The lowest BCUT2D eigenvalue weighted by molar-refractivity contribution is 0.406. The number of rotatable bonds is 6. The van der Waals surface area contributed by atoms with E-state index in [4.69, 9.17) is 4.42 Å². The van der Waals surface area contributed by atoms with Crippen LogP contribution in [0.25, 0.3) is 0 Å². The Bertz CT molecular complexity index is 489. The van der Waals surface area contributed by atoms with Crippen molar-refractivity contribution in [2.45, 2.75) is 44.7 Å². The van der Waals surface area contributed by atoms with Crippen LogP contribution in [0.4, 0.5) is 0 Å². The molecule has 2 aromatic rings. The van der Waals surface area contributed by atoms with Crippen molar-refractivity contribution in [3.8, 4) is 0 Å². The minimum atomic E-state index is 0.496. The maximum Gasteiger partial charge on any atom is 0.108 e. The first kappa shape index (κ1) is 12.5. The first-order valence-electron chi connectivity index (χ1n) is 7.19. The van der Waals surface area contributed by atoms with E-state index in [1.165, 1.54) is 37.0 Å². The van der Waals surface area contributed by atoms with E-state index in [0.717, 1.165) is 19.5 Å². The van der Waals surface area contributed by atoms with Crippen molar-refractivity contribution in [1.82, 2.24) is 14.9 Å². The molecule has 1 aliphatic rings. The number of imidazole rings is 1. The molecule has 4 heteroatoms. The molecule has 0 saturated heterocycles. The third-order valence-electron chi connectivity index (χ3n) is 3.84. The van der Waals surface area contributed by atoms with Crippen molar-refractivity contribution in [1.29, 1.82) is 0 Å². The highest BCUT2D eigenvalue weighted by atomic mass is 16.3. The van der Waals surface area contributed by atoms with Crippen LogP contribution in [0, 0.1) is 0 Å². The SMILES string of the molecule is c1cn(CCCCNC2CCCc3occc32)cn1. The van der Waals surface area contributed by atoms with E-state index in [1.54, 1.807) is 0 Å². The van der Waals surface area contributed by atoms with Gasteiger partial charge in [-0.25, -0.2) is 4.98 Å². The number of aryl methyl sites for hydroxylation is 2. The molecule has 2 aromatic heterocycles. The van der Waals surface area contributed by atoms with Gasteiger partial charge in [-0.15, -0.1) is 0 Å². The molecule has 4 nitrogen and oxygen atoms in total. The third kappa shape index (κ3) is 3.07. The van der Waals surface area contributed by atoms with Gasteiger partial charge in [0.1, 0.15) is 5.76 Å². The number of hydrogen-bond donors (Lipinski definition) is 1. The van der Waals surface area contributed by atoms with Crippen LogP contribution in [0.1, 0.15) is 43.0 Å². The lowest BCUT2D eigenvalue weighted by Crippen LogP contribution is -2.25. The second kappa shape index (κ2) is 6.06. The molecule has 1 N–H and O–H groups in total. The molecule has 0 amide bonds. The smallest absolute Gasteiger partial charge is 0.108 e. The van der Waals surface area contributed by atoms with Crippen LogP contribution in [0.2, 0.25) is 0 Å². The van der Waals surface area contributed by atoms with Gasteiger partial charge in [0.15, 0.2) is 0 Å². The topological polar surface area (TPSA) is 43.0 Å². The van der Waals surface area contributed by atoms with E-state index in [0.29, 0.717) is 6.04 Å². The van der Waals surface area contributed by atoms with Crippen LogP contribution in [-0.2, 0) is 13.0 Å². The summed E-state index contributed by atoms with van der Waals surface area (Å²) in [7, 11) is 0. The van der Waals surface area contributed by atoms with Crippen molar-refractivity contribution >= 4 is 0 Å². The molecule has 0 fully saturated rings. The molecule has 102 valence electrons. The van der Waals surface area contributed by atoms with E-state index >= 15 is 0 Å². The molecule has 0 saturated carbocycles. The third-order valence-corrected chi connectivity index (χ3v) is 3.84. The van der Waals surface area contributed by atoms with Gasteiger partial charge < -0.3 is 14.3 Å². The number of aromatic nitrogens is 2. The molecule has 0 aromatic carbocycles. The summed E-state index contributed by atoms with van der Waals surface area (Å²) in [5.74, 6) is 1.18. The number of nitrogens with zero attached hydrogens (tertiary/aromatic N) is 2. The van der Waals surface area contributed by atoms with Gasteiger partial charge in [0.25, 0.3) is 0 Å². The van der Waals surface area contributed by atoms with E-state index < -0.39 is 0 Å². The van der Waals surface area contributed by atoms with Gasteiger partial charge in [-0.1, -0.05) is 0 Å². The Balaban J connectivity index is 1.39. The van der Waals surface area contributed by atoms with Crippen LogP contribution < -0.4 is 5.32 Å². The summed E-state index contributed by atoms with van der Waals surface area (Å²) in [6, 6.07) is 2.62. The highest BCUT2D eigenvalue weighted by molar-refractivity contribution is 5.23. The second-order valence-electron chi connectivity index (χ2n) is 5.21. The molecule has 2 heterocycles. The largest absolute Gasteiger partial charge is 0.469 e. The van der Waals surface area contributed by atoms with E-state index in [2.05, 4.69) is 20.9 Å². The molecule has 19 heavy (non-hydrogen) atoms. The highest BCUT2D eigenvalue weighted by Gasteiger charge is 2.21. The lowest BCUT2D eigenvalue weighted by Gasteiger charge is -2.22. The van der Waals surface area contributed by atoms with Crippen LogP contribution in [-0.4, -0.2) is 16.1 Å². The second-order valence-corrected chi connectivity index (χ2v) is 5.21. The molecule has 3 rings (SSSR count). The van der Waals surface area contributed by atoms with E-state index in [1.807, 2.05) is 25.0 Å². The lowest BCUT2D eigenvalue weighted by atomic mass is 9.93. The predicted octanol–water partition coefficient (Wildman–Crippen LogP) is 2.92. The maximum atomic E-state index is 5.51. The van der Waals surface area contributed by atoms with Gasteiger partial charge in [-0.2, -0.15) is 0 Å². The van der Waals surface area contributed by atoms with Gasteiger partial charge in [0.05, 0.1) is 12.6 Å². The summed E-state index contributed by atoms with van der Waals surface area (Å²) in [4.78, 5) is 4.05. The van der Waals surface area contributed by atoms with Gasteiger partial charge in [0.2, 0.25) is 0 Å². The number of nitrogens with one attached hydrogen (secondary N) is 1. The quantitative estimate of drug-likeness (QED) is 0.811. The van der Waals surface area contributed by atoms with Crippen molar-refractivity contribution in [3.63, 3.8) is 0 Å².